The van der Waals surface area contributed by atoms with Gasteiger partial charge in [-0.2, -0.15) is 0 Å². The fraction of sp³-hybridized carbons (Fsp3) is 0.450. The minimum absolute atomic E-state index is 0.0597. The molecule has 0 spiro atoms. The quantitative estimate of drug-likeness (QED) is 0.892. The molecule has 0 radical (unpaired) electrons. The van der Waals surface area contributed by atoms with Crippen LogP contribution in [0.2, 0.25) is 0 Å². The van der Waals surface area contributed by atoms with Crippen LogP contribution < -0.4 is 19.7 Å². The van der Waals surface area contributed by atoms with Crippen molar-refractivity contribution in [1.82, 2.24) is 15.3 Å². The number of rotatable bonds is 4. The second kappa shape index (κ2) is 7.42. The summed E-state index contributed by atoms with van der Waals surface area (Å²) in [6.07, 6.45) is 6.30. The highest BCUT2D eigenvalue weighted by Crippen LogP contribution is 2.39. The number of hydrogen-bond donors (Lipinski definition) is 1. The summed E-state index contributed by atoms with van der Waals surface area (Å²) in [4.78, 5) is 23.6. The maximum absolute atomic E-state index is 12.8. The first-order chi connectivity index (χ1) is 13.1. The predicted molar refractivity (Wildman–Crippen MR) is 102 cm³/mol. The number of hydrogen-bond acceptors (Lipinski definition) is 6. The van der Waals surface area contributed by atoms with Gasteiger partial charge in [-0.05, 0) is 38.0 Å². The van der Waals surface area contributed by atoms with E-state index in [2.05, 4.69) is 20.2 Å². The molecule has 2 unspecified atom stereocenters. The van der Waals surface area contributed by atoms with Crippen LogP contribution >= 0.6 is 0 Å². The number of carbonyl (C=O) groups is 1. The number of carbonyl (C=O) groups excluding carboxylic acids is 1. The van der Waals surface area contributed by atoms with Gasteiger partial charge in [0.1, 0.15) is 6.10 Å². The van der Waals surface area contributed by atoms with Crippen molar-refractivity contribution in [2.24, 2.45) is 0 Å². The second-order valence-corrected chi connectivity index (χ2v) is 7.11. The number of nitrogens with one attached hydrogen (secondary N) is 1. The molecule has 1 amide bonds. The molecule has 1 saturated heterocycles. The maximum atomic E-state index is 12.8. The van der Waals surface area contributed by atoms with Crippen molar-refractivity contribution in [3.63, 3.8) is 0 Å². The Labute approximate surface area is 158 Å². The smallest absolute Gasteiger partial charge is 0.251 e. The van der Waals surface area contributed by atoms with E-state index in [1.54, 1.807) is 31.6 Å². The van der Waals surface area contributed by atoms with Gasteiger partial charge < -0.3 is 19.7 Å². The van der Waals surface area contributed by atoms with Gasteiger partial charge in [0.2, 0.25) is 5.95 Å². The summed E-state index contributed by atoms with van der Waals surface area (Å²) in [5.41, 5.74) is 1.63. The van der Waals surface area contributed by atoms with Gasteiger partial charge in [0.25, 0.3) is 5.91 Å². The summed E-state index contributed by atoms with van der Waals surface area (Å²) in [5.74, 6) is 2.00. The molecule has 4 rings (SSSR count). The highest BCUT2D eigenvalue weighted by molar-refractivity contribution is 5.95. The van der Waals surface area contributed by atoms with E-state index in [-0.39, 0.29) is 18.1 Å². The van der Waals surface area contributed by atoms with Gasteiger partial charge in [-0.3, -0.25) is 4.79 Å². The van der Waals surface area contributed by atoms with Crippen molar-refractivity contribution < 1.29 is 14.3 Å². The Morgan fingerprint density at radius 3 is 2.93 bits per heavy atom. The standard InChI is InChI=1S/C20H24N4O3/c1-13-9-14-10-15(11-17(26-2)18(14)27-13)19(25)23-16-5-3-8-24(12-16)20-21-6-4-7-22-20/h4,6-7,10-11,13,16H,3,5,8-9,12H2,1-2H3,(H,23,25). The first kappa shape index (κ1) is 17.6. The van der Waals surface area contributed by atoms with Crippen LogP contribution in [0, 0.1) is 0 Å². The molecule has 1 N–H and O–H groups in total. The Hall–Kier alpha value is -2.83. The van der Waals surface area contributed by atoms with Crippen molar-refractivity contribution >= 4 is 11.9 Å². The number of ether oxygens (including phenoxy) is 2. The van der Waals surface area contributed by atoms with E-state index >= 15 is 0 Å². The lowest BCUT2D eigenvalue weighted by atomic mass is 10.0. The Morgan fingerprint density at radius 2 is 2.15 bits per heavy atom. The molecular formula is C20H24N4O3. The Kier molecular flexibility index (Phi) is 4.83. The number of methoxy groups -OCH3 is 1. The third-order valence-electron chi connectivity index (χ3n) is 5.03. The number of anilines is 1. The molecule has 3 heterocycles. The van der Waals surface area contributed by atoms with Gasteiger partial charge in [-0.25, -0.2) is 9.97 Å². The Morgan fingerprint density at radius 1 is 1.33 bits per heavy atom. The minimum Gasteiger partial charge on any atom is -0.493 e. The molecule has 0 bridgehead atoms. The number of nitrogens with zero attached hydrogens (tertiary/aromatic N) is 3. The predicted octanol–water partition coefficient (Wildman–Crippen LogP) is 2.21. The number of amides is 1. The topological polar surface area (TPSA) is 76.6 Å². The van der Waals surface area contributed by atoms with Gasteiger partial charge in [-0.1, -0.05) is 0 Å². The van der Waals surface area contributed by atoms with Crippen molar-refractivity contribution in [3.8, 4) is 11.5 Å². The van der Waals surface area contributed by atoms with Gasteiger partial charge in [0.05, 0.1) is 7.11 Å². The molecule has 2 aliphatic rings. The third kappa shape index (κ3) is 3.67. The van der Waals surface area contributed by atoms with Crippen LogP contribution in [0.1, 0.15) is 35.7 Å². The molecule has 27 heavy (non-hydrogen) atoms. The first-order valence-electron chi connectivity index (χ1n) is 9.34. The highest BCUT2D eigenvalue weighted by Gasteiger charge is 2.27. The van der Waals surface area contributed by atoms with E-state index in [1.807, 2.05) is 13.0 Å². The molecule has 1 aromatic carbocycles. The maximum Gasteiger partial charge on any atom is 0.251 e. The van der Waals surface area contributed by atoms with E-state index in [0.29, 0.717) is 23.8 Å². The molecule has 1 fully saturated rings. The average Bonchev–Trinajstić information content (AvgIpc) is 3.08. The van der Waals surface area contributed by atoms with E-state index < -0.39 is 0 Å². The number of fused-ring (bicyclic) bond motifs is 1. The Bertz CT molecular complexity index is 827. The van der Waals surface area contributed by atoms with Crippen LogP contribution in [0.5, 0.6) is 11.5 Å². The lowest BCUT2D eigenvalue weighted by Crippen LogP contribution is -2.48. The van der Waals surface area contributed by atoms with Crippen molar-refractivity contribution in [2.45, 2.75) is 38.3 Å². The van der Waals surface area contributed by atoms with Crippen LogP contribution in [0.3, 0.4) is 0 Å². The molecule has 142 valence electrons. The lowest BCUT2D eigenvalue weighted by molar-refractivity contribution is 0.0932. The summed E-state index contributed by atoms with van der Waals surface area (Å²) in [6.45, 7) is 3.62. The summed E-state index contributed by atoms with van der Waals surface area (Å²) in [7, 11) is 1.60. The van der Waals surface area contributed by atoms with Crippen molar-refractivity contribution in [1.29, 1.82) is 0 Å². The zero-order valence-electron chi connectivity index (χ0n) is 15.6. The number of benzene rings is 1. The Balaban J connectivity index is 1.47. The van der Waals surface area contributed by atoms with E-state index in [9.17, 15) is 4.79 Å². The minimum atomic E-state index is -0.0866. The lowest BCUT2D eigenvalue weighted by Gasteiger charge is -2.33. The molecule has 1 aromatic heterocycles. The number of piperidine rings is 1. The molecular weight excluding hydrogens is 344 g/mol. The SMILES string of the molecule is COc1cc(C(=O)NC2CCCN(c3ncccn3)C2)cc2c1OC(C)C2. The first-order valence-corrected chi connectivity index (χ1v) is 9.34. The number of aromatic nitrogens is 2. The monoisotopic (exact) mass is 368 g/mol. The van der Waals surface area contributed by atoms with E-state index in [1.165, 1.54) is 0 Å². The van der Waals surface area contributed by atoms with Crippen molar-refractivity contribution in [3.05, 3.63) is 41.7 Å². The third-order valence-corrected chi connectivity index (χ3v) is 5.03. The molecule has 2 atom stereocenters. The fourth-order valence-electron chi connectivity index (χ4n) is 3.78. The van der Waals surface area contributed by atoms with Crippen LogP contribution in [0.25, 0.3) is 0 Å². The molecule has 7 heteroatoms. The largest absolute Gasteiger partial charge is 0.493 e. The fourth-order valence-corrected chi connectivity index (χ4v) is 3.78. The molecule has 0 aliphatic carbocycles. The second-order valence-electron chi connectivity index (χ2n) is 7.11. The zero-order valence-corrected chi connectivity index (χ0v) is 15.6. The van der Waals surface area contributed by atoms with Gasteiger partial charge >= 0.3 is 0 Å². The molecule has 2 aliphatic heterocycles. The van der Waals surface area contributed by atoms with Crippen LogP contribution in [-0.4, -0.2) is 48.2 Å². The summed E-state index contributed by atoms with van der Waals surface area (Å²) >= 11 is 0. The van der Waals surface area contributed by atoms with E-state index in [0.717, 1.165) is 37.1 Å². The van der Waals surface area contributed by atoms with Crippen LogP contribution in [-0.2, 0) is 6.42 Å². The van der Waals surface area contributed by atoms with Crippen molar-refractivity contribution in [2.75, 3.05) is 25.1 Å². The zero-order chi connectivity index (χ0) is 18.8. The molecule has 7 nitrogen and oxygen atoms in total. The summed E-state index contributed by atoms with van der Waals surface area (Å²) < 4.78 is 11.2. The van der Waals surface area contributed by atoms with Gasteiger partial charge in [0.15, 0.2) is 11.5 Å². The molecule has 2 aromatic rings. The van der Waals surface area contributed by atoms with Gasteiger partial charge in [-0.15, -0.1) is 0 Å². The van der Waals surface area contributed by atoms with Gasteiger partial charge in [0, 0.05) is 49.1 Å². The average molecular weight is 368 g/mol. The van der Waals surface area contributed by atoms with Crippen LogP contribution in [0.15, 0.2) is 30.6 Å². The normalized spacial score (nSPS) is 21.3. The summed E-state index contributed by atoms with van der Waals surface area (Å²) in [6, 6.07) is 5.54. The molecule has 0 saturated carbocycles. The highest BCUT2D eigenvalue weighted by atomic mass is 16.5. The summed E-state index contributed by atoms with van der Waals surface area (Å²) in [5, 5.41) is 3.16. The van der Waals surface area contributed by atoms with E-state index in [4.69, 9.17) is 9.47 Å². The van der Waals surface area contributed by atoms with Crippen LogP contribution in [0.4, 0.5) is 5.95 Å².